The molecule has 166 valence electrons. The quantitative estimate of drug-likeness (QED) is 0.351. The second-order valence-electron chi connectivity index (χ2n) is 6.98. The van der Waals surface area contributed by atoms with Gasteiger partial charge in [-0.25, -0.2) is 4.68 Å². The Kier molecular flexibility index (Phi) is 12.5. The van der Waals surface area contributed by atoms with E-state index in [0.29, 0.717) is 52.8 Å². The van der Waals surface area contributed by atoms with E-state index in [-0.39, 0.29) is 6.61 Å². The van der Waals surface area contributed by atoms with Crippen LogP contribution in [0.2, 0.25) is 0 Å². The molecule has 29 heavy (non-hydrogen) atoms. The van der Waals surface area contributed by atoms with Crippen LogP contribution < -0.4 is 5.73 Å². The first kappa shape index (κ1) is 23.7. The zero-order valence-electron chi connectivity index (χ0n) is 17.3. The molecule has 1 aromatic heterocycles. The van der Waals surface area contributed by atoms with E-state index < -0.39 is 5.91 Å². The first-order valence-electron chi connectivity index (χ1n) is 10.4. The van der Waals surface area contributed by atoms with Crippen LogP contribution in [0.5, 0.6) is 0 Å². The van der Waals surface area contributed by atoms with E-state index in [0.717, 1.165) is 18.7 Å². The molecule has 0 unspecified atom stereocenters. The van der Waals surface area contributed by atoms with Crippen LogP contribution in [-0.2, 0) is 36.7 Å². The predicted molar refractivity (Wildman–Crippen MR) is 106 cm³/mol. The Labute approximate surface area is 172 Å². The fraction of sp³-hybridized carbons (Fsp3) is 0.842. The van der Waals surface area contributed by atoms with Crippen molar-refractivity contribution in [2.45, 2.75) is 32.2 Å². The van der Waals surface area contributed by atoms with Gasteiger partial charge < -0.3 is 29.6 Å². The summed E-state index contributed by atoms with van der Waals surface area (Å²) in [6.45, 7) is 7.42. The van der Waals surface area contributed by atoms with Gasteiger partial charge in [0.2, 0.25) is 5.91 Å². The summed E-state index contributed by atoms with van der Waals surface area (Å²) in [7, 11) is 0. The molecule has 0 radical (unpaired) electrons. The highest BCUT2D eigenvalue weighted by atomic mass is 16.6. The molecular formula is C19H35N5O5. The summed E-state index contributed by atoms with van der Waals surface area (Å²) in [6.07, 6.45) is 6.95. The summed E-state index contributed by atoms with van der Waals surface area (Å²) in [5.41, 5.74) is 5.99. The summed E-state index contributed by atoms with van der Waals surface area (Å²) in [5.74, 6) is -0.481. The predicted octanol–water partition coefficient (Wildman–Crippen LogP) is -0.142. The van der Waals surface area contributed by atoms with Gasteiger partial charge in [-0.05, 0) is 25.9 Å². The molecule has 1 fully saturated rings. The van der Waals surface area contributed by atoms with Gasteiger partial charge in [-0.15, -0.1) is 5.10 Å². The maximum absolute atomic E-state index is 10.5. The average Bonchev–Trinajstić information content (AvgIpc) is 3.18. The molecule has 1 aromatic rings. The number of nitrogens with zero attached hydrogens (tertiary/aromatic N) is 4. The highest BCUT2D eigenvalue weighted by Gasteiger charge is 2.10. The van der Waals surface area contributed by atoms with Gasteiger partial charge in [0.05, 0.1) is 58.5 Å². The van der Waals surface area contributed by atoms with Crippen molar-refractivity contribution in [1.82, 2.24) is 19.9 Å². The van der Waals surface area contributed by atoms with Crippen molar-refractivity contribution in [3.8, 4) is 0 Å². The largest absolute Gasteiger partial charge is 0.377 e. The van der Waals surface area contributed by atoms with Gasteiger partial charge in [0, 0.05) is 19.2 Å². The number of likely N-dealkylation sites (tertiary alicyclic amines) is 1. The van der Waals surface area contributed by atoms with Crippen LogP contribution in [0.15, 0.2) is 6.20 Å². The Morgan fingerprint density at radius 3 is 2.17 bits per heavy atom. The summed E-state index contributed by atoms with van der Waals surface area (Å²) in [4.78, 5) is 13.0. The van der Waals surface area contributed by atoms with Crippen LogP contribution in [0.1, 0.15) is 25.0 Å². The zero-order chi connectivity index (χ0) is 20.6. The molecule has 1 amide bonds. The number of ether oxygens (including phenoxy) is 4. The monoisotopic (exact) mass is 413 g/mol. The molecule has 2 N–H and O–H groups in total. The second kappa shape index (κ2) is 15.3. The summed E-state index contributed by atoms with van der Waals surface area (Å²) in [6, 6.07) is 0. The van der Waals surface area contributed by atoms with Gasteiger partial charge in [-0.1, -0.05) is 11.6 Å². The Hall–Kier alpha value is -1.59. The van der Waals surface area contributed by atoms with E-state index in [1.807, 2.05) is 10.9 Å². The third kappa shape index (κ3) is 11.9. The lowest BCUT2D eigenvalue weighted by atomic mass is 10.1. The van der Waals surface area contributed by atoms with Gasteiger partial charge in [0.15, 0.2) is 0 Å². The van der Waals surface area contributed by atoms with Gasteiger partial charge in [-0.2, -0.15) is 0 Å². The van der Waals surface area contributed by atoms with Crippen LogP contribution in [-0.4, -0.2) is 98.3 Å². The van der Waals surface area contributed by atoms with E-state index in [1.54, 1.807) is 0 Å². The SMILES string of the molecule is NC(=O)COCCOCCOCCOCCn1cc(CCN2CCCCC2)nn1. The van der Waals surface area contributed by atoms with Crippen LogP contribution in [0.25, 0.3) is 0 Å². The number of rotatable bonds is 17. The molecule has 0 bridgehead atoms. The zero-order valence-corrected chi connectivity index (χ0v) is 17.3. The lowest BCUT2D eigenvalue weighted by molar-refractivity contribution is -0.123. The second-order valence-corrected chi connectivity index (χ2v) is 6.98. The van der Waals surface area contributed by atoms with Crippen molar-refractivity contribution in [2.24, 2.45) is 5.73 Å². The Morgan fingerprint density at radius 2 is 1.52 bits per heavy atom. The maximum Gasteiger partial charge on any atom is 0.243 e. The fourth-order valence-corrected chi connectivity index (χ4v) is 3.01. The minimum absolute atomic E-state index is 0.0777. The van der Waals surface area contributed by atoms with Crippen LogP contribution >= 0.6 is 0 Å². The van der Waals surface area contributed by atoms with E-state index in [2.05, 4.69) is 15.2 Å². The molecule has 0 saturated carbocycles. The molecule has 2 heterocycles. The molecule has 10 nitrogen and oxygen atoms in total. The molecule has 1 aliphatic heterocycles. The molecule has 0 aromatic carbocycles. The molecule has 2 rings (SSSR count). The van der Waals surface area contributed by atoms with Gasteiger partial charge in [-0.3, -0.25) is 4.79 Å². The van der Waals surface area contributed by atoms with Crippen LogP contribution in [0.4, 0.5) is 0 Å². The first-order valence-corrected chi connectivity index (χ1v) is 10.4. The van der Waals surface area contributed by atoms with Crippen LogP contribution in [0.3, 0.4) is 0 Å². The number of piperidine rings is 1. The van der Waals surface area contributed by atoms with Crippen molar-refractivity contribution in [3.63, 3.8) is 0 Å². The Bertz CT molecular complexity index is 551. The third-order valence-corrected chi connectivity index (χ3v) is 4.54. The average molecular weight is 414 g/mol. The molecule has 0 atom stereocenters. The normalized spacial score (nSPS) is 15.0. The fourth-order valence-electron chi connectivity index (χ4n) is 3.01. The Balaban J connectivity index is 1.36. The molecule has 0 spiro atoms. The minimum atomic E-state index is -0.481. The number of hydrogen-bond donors (Lipinski definition) is 1. The Morgan fingerprint density at radius 1 is 0.897 bits per heavy atom. The number of carbonyl (C=O) groups excluding carboxylic acids is 1. The van der Waals surface area contributed by atoms with Crippen LogP contribution in [0, 0.1) is 0 Å². The smallest absolute Gasteiger partial charge is 0.243 e. The van der Waals surface area contributed by atoms with Crippen molar-refractivity contribution in [3.05, 3.63) is 11.9 Å². The number of nitrogens with two attached hydrogens (primary N) is 1. The lowest BCUT2D eigenvalue weighted by Crippen LogP contribution is -2.31. The van der Waals surface area contributed by atoms with E-state index in [1.165, 1.54) is 32.4 Å². The van der Waals surface area contributed by atoms with E-state index >= 15 is 0 Å². The number of primary amides is 1. The lowest BCUT2D eigenvalue weighted by Gasteiger charge is -2.25. The number of hydrogen-bond acceptors (Lipinski definition) is 8. The van der Waals surface area contributed by atoms with Crippen molar-refractivity contribution in [1.29, 1.82) is 0 Å². The highest BCUT2D eigenvalue weighted by molar-refractivity contribution is 5.74. The van der Waals surface area contributed by atoms with Gasteiger partial charge in [0.25, 0.3) is 0 Å². The topological polar surface area (TPSA) is 114 Å². The minimum Gasteiger partial charge on any atom is -0.377 e. The van der Waals surface area contributed by atoms with Crippen molar-refractivity contribution in [2.75, 3.05) is 72.5 Å². The molecule has 0 aliphatic carbocycles. The molecular weight excluding hydrogens is 378 g/mol. The summed E-state index contributed by atoms with van der Waals surface area (Å²) in [5, 5.41) is 8.41. The standard InChI is InChI=1S/C19H35N5O5/c20-19(25)17-29-15-14-28-13-12-27-11-10-26-9-8-24-16-18(21-22-24)4-7-23-5-2-1-3-6-23/h16H,1-15,17H2,(H2,20,25). The maximum atomic E-state index is 10.5. The first-order chi connectivity index (χ1) is 14.2. The van der Waals surface area contributed by atoms with Crippen molar-refractivity contribution < 1.29 is 23.7 Å². The third-order valence-electron chi connectivity index (χ3n) is 4.54. The number of carbonyl (C=O) groups is 1. The van der Waals surface area contributed by atoms with Gasteiger partial charge in [0.1, 0.15) is 6.61 Å². The molecule has 10 heteroatoms. The number of amides is 1. The number of aromatic nitrogens is 3. The van der Waals surface area contributed by atoms with E-state index in [9.17, 15) is 4.79 Å². The van der Waals surface area contributed by atoms with Crippen molar-refractivity contribution >= 4 is 5.91 Å². The van der Waals surface area contributed by atoms with Gasteiger partial charge >= 0.3 is 0 Å². The van der Waals surface area contributed by atoms with E-state index in [4.69, 9.17) is 24.7 Å². The summed E-state index contributed by atoms with van der Waals surface area (Å²) >= 11 is 0. The summed E-state index contributed by atoms with van der Waals surface area (Å²) < 4.78 is 23.1. The highest BCUT2D eigenvalue weighted by Crippen LogP contribution is 2.09. The molecule has 1 saturated heterocycles. The molecule has 1 aliphatic rings.